The Labute approximate surface area is 175 Å². The summed E-state index contributed by atoms with van der Waals surface area (Å²) in [7, 11) is 3.36. The molecule has 1 saturated carbocycles. The molecule has 0 bridgehead atoms. The summed E-state index contributed by atoms with van der Waals surface area (Å²) in [6, 6.07) is 3.52. The Morgan fingerprint density at radius 1 is 1.30 bits per heavy atom. The average molecular weight is 496 g/mol. The van der Waals surface area contributed by atoms with Gasteiger partial charge in [0.2, 0.25) is 5.91 Å². The van der Waals surface area contributed by atoms with Crippen molar-refractivity contribution in [2.75, 3.05) is 33.8 Å². The molecule has 1 aromatic carbocycles. The van der Waals surface area contributed by atoms with Gasteiger partial charge in [-0.05, 0) is 25.0 Å². The number of carbonyl (C=O) groups excluding carboxylic acids is 1. The molecule has 1 aromatic rings. The second-order valence-corrected chi connectivity index (χ2v) is 6.43. The number of hydrogen-bond donors (Lipinski definition) is 2. The van der Waals surface area contributed by atoms with E-state index in [0.717, 1.165) is 25.0 Å². The minimum Gasteiger partial charge on any atom is -0.489 e. The molecule has 0 saturated heterocycles. The highest BCUT2D eigenvalue weighted by Gasteiger charge is 2.16. The van der Waals surface area contributed by atoms with Crippen molar-refractivity contribution in [1.29, 1.82) is 0 Å². The van der Waals surface area contributed by atoms with Gasteiger partial charge in [0.05, 0.1) is 6.54 Å². The lowest BCUT2D eigenvalue weighted by atomic mass is 10.2. The highest BCUT2D eigenvalue weighted by Crippen LogP contribution is 2.18. The molecule has 0 aromatic heterocycles. The lowest BCUT2D eigenvalue weighted by Crippen LogP contribution is -2.44. The smallest absolute Gasteiger partial charge is 0.243 e. The van der Waals surface area contributed by atoms with E-state index in [-0.39, 0.29) is 48.8 Å². The fourth-order valence-electron chi connectivity index (χ4n) is 2.63. The van der Waals surface area contributed by atoms with E-state index >= 15 is 0 Å². The first-order valence-corrected chi connectivity index (χ1v) is 8.78. The molecule has 0 heterocycles. The van der Waals surface area contributed by atoms with E-state index in [1.165, 1.54) is 23.8 Å². The van der Waals surface area contributed by atoms with Crippen molar-refractivity contribution in [2.24, 2.45) is 4.99 Å². The SMILES string of the molecule is CN(C)C(=O)CN=C(NCCOc1ccc(F)cc1F)NC1CCCC1.I. The number of rotatable bonds is 7. The van der Waals surface area contributed by atoms with Crippen molar-refractivity contribution in [1.82, 2.24) is 15.5 Å². The van der Waals surface area contributed by atoms with Crippen molar-refractivity contribution < 1.29 is 18.3 Å². The Balaban J connectivity index is 0.00000364. The lowest BCUT2D eigenvalue weighted by molar-refractivity contribution is -0.127. The van der Waals surface area contributed by atoms with Crippen LogP contribution in [-0.4, -0.2) is 56.6 Å². The van der Waals surface area contributed by atoms with Crippen LogP contribution in [0.15, 0.2) is 23.2 Å². The molecule has 152 valence electrons. The Morgan fingerprint density at radius 3 is 2.63 bits per heavy atom. The summed E-state index contributed by atoms with van der Waals surface area (Å²) in [6.07, 6.45) is 4.49. The first-order chi connectivity index (χ1) is 12.5. The first-order valence-electron chi connectivity index (χ1n) is 8.78. The number of nitrogens with one attached hydrogen (secondary N) is 2. The van der Waals surface area contributed by atoms with Crippen LogP contribution in [0.1, 0.15) is 25.7 Å². The van der Waals surface area contributed by atoms with Gasteiger partial charge in [0.1, 0.15) is 19.0 Å². The van der Waals surface area contributed by atoms with E-state index in [0.29, 0.717) is 18.5 Å². The number of amides is 1. The number of halogens is 3. The second-order valence-electron chi connectivity index (χ2n) is 6.43. The number of benzene rings is 1. The third kappa shape index (κ3) is 8.27. The number of aliphatic imine (C=N–C) groups is 1. The maximum Gasteiger partial charge on any atom is 0.243 e. The number of carbonyl (C=O) groups is 1. The molecule has 0 aliphatic heterocycles. The van der Waals surface area contributed by atoms with Crippen molar-refractivity contribution in [3.63, 3.8) is 0 Å². The molecule has 1 fully saturated rings. The normalized spacial score (nSPS) is 14.4. The van der Waals surface area contributed by atoms with Crippen LogP contribution in [-0.2, 0) is 4.79 Å². The van der Waals surface area contributed by atoms with Crippen molar-refractivity contribution in [3.05, 3.63) is 29.8 Å². The van der Waals surface area contributed by atoms with E-state index < -0.39 is 11.6 Å². The average Bonchev–Trinajstić information content (AvgIpc) is 3.10. The molecule has 6 nitrogen and oxygen atoms in total. The molecule has 1 amide bonds. The quantitative estimate of drug-likeness (QED) is 0.264. The maximum atomic E-state index is 13.5. The summed E-state index contributed by atoms with van der Waals surface area (Å²) in [6.45, 7) is 0.587. The van der Waals surface area contributed by atoms with Crippen molar-refractivity contribution in [3.8, 4) is 5.75 Å². The van der Waals surface area contributed by atoms with Gasteiger partial charge in [0.25, 0.3) is 0 Å². The van der Waals surface area contributed by atoms with E-state index in [1.54, 1.807) is 14.1 Å². The van der Waals surface area contributed by atoms with E-state index in [1.807, 2.05) is 0 Å². The van der Waals surface area contributed by atoms with Gasteiger partial charge < -0.3 is 20.3 Å². The number of nitrogens with zero attached hydrogens (tertiary/aromatic N) is 2. The van der Waals surface area contributed by atoms with Gasteiger partial charge in [-0.15, -0.1) is 24.0 Å². The lowest BCUT2D eigenvalue weighted by Gasteiger charge is -2.18. The van der Waals surface area contributed by atoms with E-state index in [9.17, 15) is 13.6 Å². The van der Waals surface area contributed by atoms with Gasteiger partial charge in [0, 0.05) is 26.2 Å². The minimum atomic E-state index is -0.737. The van der Waals surface area contributed by atoms with Crippen LogP contribution in [0, 0.1) is 11.6 Å². The molecule has 0 atom stereocenters. The summed E-state index contributed by atoms with van der Waals surface area (Å²) in [5, 5.41) is 6.41. The molecule has 1 aliphatic carbocycles. The second kappa shape index (κ2) is 11.9. The topological polar surface area (TPSA) is 66.0 Å². The highest BCUT2D eigenvalue weighted by molar-refractivity contribution is 14.0. The molecule has 2 N–H and O–H groups in total. The predicted octanol–water partition coefficient (Wildman–Crippen LogP) is 2.53. The molecule has 27 heavy (non-hydrogen) atoms. The number of ether oxygens (including phenoxy) is 1. The summed E-state index contributed by atoms with van der Waals surface area (Å²) < 4.78 is 31.7. The summed E-state index contributed by atoms with van der Waals surface area (Å²) in [5.74, 6) is -0.941. The first kappa shape index (κ1) is 23.4. The van der Waals surface area contributed by atoms with Crippen molar-refractivity contribution in [2.45, 2.75) is 31.7 Å². The zero-order chi connectivity index (χ0) is 18.9. The highest BCUT2D eigenvalue weighted by atomic mass is 127. The van der Waals surface area contributed by atoms with Crippen LogP contribution in [0.5, 0.6) is 5.75 Å². The molecule has 0 radical (unpaired) electrons. The zero-order valence-electron chi connectivity index (χ0n) is 15.6. The minimum absolute atomic E-state index is 0. The van der Waals surface area contributed by atoms with Crippen LogP contribution in [0.25, 0.3) is 0 Å². The van der Waals surface area contributed by atoms with Crippen LogP contribution >= 0.6 is 24.0 Å². The summed E-state index contributed by atoms with van der Waals surface area (Å²) in [5.41, 5.74) is 0. The van der Waals surface area contributed by atoms with E-state index in [2.05, 4.69) is 15.6 Å². The van der Waals surface area contributed by atoms with Crippen LogP contribution in [0.2, 0.25) is 0 Å². The monoisotopic (exact) mass is 496 g/mol. The number of likely N-dealkylation sites (N-methyl/N-ethyl adjacent to an activating group) is 1. The molecule has 0 unspecified atom stereocenters. The van der Waals surface area contributed by atoms with Crippen molar-refractivity contribution >= 4 is 35.8 Å². The number of guanidine groups is 1. The molecule has 2 rings (SSSR count). The summed E-state index contributed by atoms with van der Waals surface area (Å²) in [4.78, 5) is 17.5. The van der Waals surface area contributed by atoms with E-state index in [4.69, 9.17) is 4.74 Å². The Hall–Kier alpha value is -1.65. The Kier molecular flexibility index (Phi) is 10.3. The Morgan fingerprint density at radius 2 is 2.00 bits per heavy atom. The maximum absolute atomic E-state index is 13.5. The van der Waals surface area contributed by atoms with Gasteiger partial charge in [0.15, 0.2) is 17.5 Å². The van der Waals surface area contributed by atoms with Crippen LogP contribution in [0.3, 0.4) is 0 Å². The zero-order valence-corrected chi connectivity index (χ0v) is 18.0. The van der Waals surface area contributed by atoms with Crippen LogP contribution < -0.4 is 15.4 Å². The van der Waals surface area contributed by atoms with Gasteiger partial charge in [-0.25, -0.2) is 13.8 Å². The molecular weight excluding hydrogens is 469 g/mol. The predicted molar refractivity (Wildman–Crippen MR) is 112 cm³/mol. The Bertz CT molecular complexity index is 638. The molecule has 9 heteroatoms. The van der Waals surface area contributed by atoms with Gasteiger partial charge >= 0.3 is 0 Å². The fraction of sp³-hybridized carbons (Fsp3) is 0.556. The van der Waals surface area contributed by atoms with Gasteiger partial charge in [-0.2, -0.15) is 0 Å². The summed E-state index contributed by atoms with van der Waals surface area (Å²) >= 11 is 0. The fourth-order valence-corrected chi connectivity index (χ4v) is 2.63. The van der Waals surface area contributed by atoms with Crippen LogP contribution in [0.4, 0.5) is 8.78 Å². The standard InChI is InChI=1S/C18H26F2N4O2.HI/c1-24(2)17(25)12-22-18(23-14-5-3-4-6-14)21-9-10-26-16-8-7-13(19)11-15(16)20;/h7-8,11,14H,3-6,9-10,12H2,1-2H3,(H2,21,22,23);1H. The third-order valence-corrected chi connectivity index (χ3v) is 4.11. The molecular formula is C18H27F2IN4O2. The van der Waals surface area contributed by atoms with Gasteiger partial charge in [-0.3, -0.25) is 4.79 Å². The largest absolute Gasteiger partial charge is 0.489 e. The number of hydrogen-bond acceptors (Lipinski definition) is 3. The third-order valence-electron chi connectivity index (χ3n) is 4.11. The van der Waals surface area contributed by atoms with Gasteiger partial charge in [-0.1, -0.05) is 12.8 Å². The molecule has 1 aliphatic rings. The molecule has 0 spiro atoms.